The molecule has 1 N–H and O–H groups in total. The van der Waals surface area contributed by atoms with E-state index in [0.717, 1.165) is 11.3 Å². The van der Waals surface area contributed by atoms with E-state index in [1.165, 1.54) is 37.7 Å². The number of nitrogens with zero attached hydrogens (tertiary/aromatic N) is 1. The molecule has 1 aliphatic carbocycles. The van der Waals surface area contributed by atoms with Gasteiger partial charge in [-0.15, -0.1) is 0 Å². The molecule has 0 bridgehead atoms. The molecule has 1 saturated carbocycles. The number of rotatable bonds is 2. The molecule has 0 spiro atoms. The van der Waals surface area contributed by atoms with E-state index in [9.17, 15) is 5.11 Å². The maximum atomic E-state index is 10.7. The van der Waals surface area contributed by atoms with Gasteiger partial charge < -0.3 is 5.11 Å². The number of phenols is 1. The number of phenolic OH excluding ortho intramolecular Hbond substituents is 1. The Labute approximate surface area is 142 Å². The Hall–Kier alpha value is -1.31. The molecule has 23 heavy (non-hydrogen) atoms. The highest BCUT2D eigenvalue weighted by Crippen LogP contribution is 2.41. The summed E-state index contributed by atoms with van der Waals surface area (Å²) in [6.07, 6.45) is 8.50. The zero-order valence-corrected chi connectivity index (χ0v) is 15.7. The number of hydrogen-bond donors (Lipinski definition) is 1. The smallest absolute Gasteiger partial charge is 0.144 e. The maximum Gasteiger partial charge on any atom is 0.144 e. The molecular weight excluding hydrogens is 282 g/mol. The minimum Gasteiger partial charge on any atom is -0.505 e. The molecule has 0 saturated heterocycles. The van der Waals surface area contributed by atoms with Crippen LogP contribution in [0.15, 0.2) is 17.1 Å². The van der Waals surface area contributed by atoms with Gasteiger partial charge in [-0.25, -0.2) is 0 Å². The second kappa shape index (κ2) is 6.67. The van der Waals surface area contributed by atoms with E-state index < -0.39 is 0 Å². The van der Waals surface area contributed by atoms with E-state index >= 15 is 0 Å². The van der Waals surface area contributed by atoms with E-state index in [4.69, 9.17) is 4.99 Å². The SMILES string of the molecule is CC(C)(C)c1cc(/N=C\C2CCCCC2)c(O)c(C(C)(C)C)c1. The van der Waals surface area contributed by atoms with E-state index in [1.807, 2.05) is 0 Å². The molecule has 2 nitrogen and oxygen atoms in total. The van der Waals surface area contributed by atoms with E-state index in [-0.39, 0.29) is 10.8 Å². The molecule has 0 amide bonds. The van der Waals surface area contributed by atoms with Crippen molar-refractivity contribution in [3.63, 3.8) is 0 Å². The van der Waals surface area contributed by atoms with E-state index in [1.54, 1.807) is 0 Å². The summed E-state index contributed by atoms with van der Waals surface area (Å²) in [6, 6.07) is 4.21. The summed E-state index contributed by atoms with van der Waals surface area (Å²) in [5.74, 6) is 0.914. The molecule has 0 aliphatic heterocycles. The van der Waals surface area contributed by atoms with Gasteiger partial charge in [0.15, 0.2) is 0 Å². The normalized spacial score (nSPS) is 17.8. The molecule has 0 atom stereocenters. The fourth-order valence-corrected chi connectivity index (χ4v) is 3.19. The van der Waals surface area contributed by atoms with Crippen LogP contribution in [0.25, 0.3) is 0 Å². The minimum atomic E-state index is -0.0968. The van der Waals surface area contributed by atoms with Crippen LogP contribution in [-0.2, 0) is 10.8 Å². The zero-order valence-electron chi connectivity index (χ0n) is 15.7. The predicted molar refractivity (Wildman–Crippen MR) is 100 cm³/mol. The summed E-state index contributed by atoms with van der Waals surface area (Å²) in [7, 11) is 0. The summed E-state index contributed by atoms with van der Waals surface area (Å²) in [6.45, 7) is 13.1. The maximum absolute atomic E-state index is 10.7. The molecule has 2 heteroatoms. The van der Waals surface area contributed by atoms with Gasteiger partial charge in [0, 0.05) is 11.8 Å². The lowest BCUT2D eigenvalue weighted by molar-refractivity contribution is 0.442. The quantitative estimate of drug-likeness (QED) is 0.641. The minimum absolute atomic E-state index is 0.0445. The Morgan fingerprint density at radius 2 is 1.57 bits per heavy atom. The van der Waals surface area contributed by atoms with Crippen molar-refractivity contribution in [1.29, 1.82) is 0 Å². The fraction of sp³-hybridized carbons (Fsp3) is 0.667. The van der Waals surface area contributed by atoms with Crippen LogP contribution in [0.3, 0.4) is 0 Å². The largest absolute Gasteiger partial charge is 0.505 e. The topological polar surface area (TPSA) is 32.6 Å². The predicted octanol–water partition coefficient (Wildman–Crippen LogP) is 6.27. The first-order chi connectivity index (χ1) is 10.6. The van der Waals surface area contributed by atoms with Gasteiger partial charge in [0.25, 0.3) is 0 Å². The molecular formula is C21H33NO. The van der Waals surface area contributed by atoms with Crippen LogP contribution in [0.1, 0.15) is 84.8 Å². The average molecular weight is 316 g/mol. The molecule has 128 valence electrons. The van der Waals surface area contributed by atoms with Crippen LogP contribution in [0.5, 0.6) is 5.75 Å². The van der Waals surface area contributed by atoms with Gasteiger partial charge >= 0.3 is 0 Å². The fourth-order valence-electron chi connectivity index (χ4n) is 3.19. The van der Waals surface area contributed by atoms with Crippen molar-refractivity contribution < 1.29 is 5.11 Å². The van der Waals surface area contributed by atoms with Crippen molar-refractivity contribution in [2.45, 2.75) is 84.5 Å². The van der Waals surface area contributed by atoms with Gasteiger partial charge in [0.2, 0.25) is 0 Å². The summed E-state index contributed by atoms with van der Waals surface area (Å²) in [5.41, 5.74) is 2.90. The molecule has 0 aromatic heterocycles. The summed E-state index contributed by atoms with van der Waals surface area (Å²) < 4.78 is 0. The van der Waals surface area contributed by atoms with E-state index in [0.29, 0.717) is 11.7 Å². The van der Waals surface area contributed by atoms with Crippen LogP contribution >= 0.6 is 0 Å². The summed E-state index contributed by atoms with van der Waals surface area (Å²) in [5, 5.41) is 10.7. The Morgan fingerprint density at radius 1 is 0.957 bits per heavy atom. The first-order valence-corrected chi connectivity index (χ1v) is 9.01. The van der Waals surface area contributed by atoms with Crippen molar-refractivity contribution in [1.82, 2.24) is 0 Å². The van der Waals surface area contributed by atoms with Crippen LogP contribution in [0.4, 0.5) is 5.69 Å². The molecule has 0 radical (unpaired) electrons. The van der Waals surface area contributed by atoms with Crippen LogP contribution in [0.2, 0.25) is 0 Å². The van der Waals surface area contributed by atoms with Gasteiger partial charge in [-0.1, -0.05) is 66.9 Å². The summed E-state index contributed by atoms with van der Waals surface area (Å²) >= 11 is 0. The molecule has 2 rings (SSSR count). The highest BCUT2D eigenvalue weighted by Gasteiger charge is 2.25. The van der Waals surface area contributed by atoms with Crippen molar-refractivity contribution in [2.24, 2.45) is 10.9 Å². The van der Waals surface area contributed by atoms with E-state index in [2.05, 4.69) is 59.9 Å². The Morgan fingerprint density at radius 3 is 2.09 bits per heavy atom. The second-order valence-electron chi connectivity index (χ2n) is 9.07. The van der Waals surface area contributed by atoms with Gasteiger partial charge in [-0.05, 0) is 41.2 Å². The van der Waals surface area contributed by atoms with Gasteiger partial charge in [0.05, 0.1) is 0 Å². The lowest BCUT2D eigenvalue weighted by Crippen LogP contribution is -2.16. The van der Waals surface area contributed by atoms with Gasteiger partial charge in [0.1, 0.15) is 11.4 Å². The highest BCUT2D eigenvalue weighted by atomic mass is 16.3. The van der Waals surface area contributed by atoms with Crippen molar-refractivity contribution in [2.75, 3.05) is 0 Å². The Kier molecular flexibility index (Phi) is 5.23. The molecule has 1 fully saturated rings. The third-order valence-electron chi connectivity index (χ3n) is 4.84. The van der Waals surface area contributed by atoms with Gasteiger partial charge in [-0.2, -0.15) is 0 Å². The van der Waals surface area contributed by atoms with Gasteiger partial charge in [-0.3, -0.25) is 4.99 Å². The molecule has 0 unspecified atom stereocenters. The van der Waals surface area contributed by atoms with Crippen molar-refractivity contribution in [3.8, 4) is 5.75 Å². The zero-order chi connectivity index (χ0) is 17.3. The first-order valence-electron chi connectivity index (χ1n) is 9.01. The van der Waals surface area contributed by atoms with Crippen LogP contribution in [0, 0.1) is 5.92 Å². The molecule has 1 aromatic carbocycles. The lowest BCUT2D eigenvalue weighted by atomic mass is 9.80. The standard InChI is InChI=1S/C21H33NO/c1-20(2,3)16-12-17(21(4,5)6)19(23)18(13-16)22-14-15-10-8-7-9-11-15/h12-15,23H,7-11H2,1-6H3/b22-14-. The van der Waals surface area contributed by atoms with Crippen LogP contribution in [-0.4, -0.2) is 11.3 Å². The average Bonchev–Trinajstić information content (AvgIpc) is 2.44. The number of hydrogen-bond acceptors (Lipinski definition) is 2. The lowest BCUT2D eigenvalue weighted by Gasteiger charge is -2.26. The Balaban J connectivity index is 2.42. The Bertz CT molecular complexity index is 567. The molecule has 0 heterocycles. The monoisotopic (exact) mass is 315 g/mol. The van der Waals surface area contributed by atoms with Crippen LogP contribution < -0.4 is 0 Å². The third kappa shape index (κ3) is 4.59. The van der Waals surface area contributed by atoms with Crippen molar-refractivity contribution in [3.05, 3.63) is 23.3 Å². The molecule has 1 aromatic rings. The highest BCUT2D eigenvalue weighted by molar-refractivity contribution is 5.70. The number of aliphatic imine (C=N–C) groups is 1. The third-order valence-corrected chi connectivity index (χ3v) is 4.84. The first kappa shape index (κ1) is 18.0. The summed E-state index contributed by atoms with van der Waals surface area (Å²) in [4.78, 5) is 4.70. The number of aromatic hydroxyl groups is 1. The van der Waals surface area contributed by atoms with Crippen molar-refractivity contribution >= 4 is 11.9 Å². The molecule has 1 aliphatic rings. The number of benzene rings is 1. The second-order valence-corrected chi connectivity index (χ2v) is 9.07.